The van der Waals surface area contributed by atoms with Gasteiger partial charge >= 0.3 is 0 Å². The number of rotatable bonds is 6. The lowest BCUT2D eigenvalue weighted by atomic mass is 10.1. The second-order valence-corrected chi connectivity index (χ2v) is 3.90. The molecular formula is C13H19F2N3O. The van der Waals surface area contributed by atoms with Crippen LogP contribution in [0.15, 0.2) is 23.2 Å². The first-order valence-corrected chi connectivity index (χ1v) is 6.24. The van der Waals surface area contributed by atoms with Gasteiger partial charge in [-0.1, -0.05) is 0 Å². The van der Waals surface area contributed by atoms with Gasteiger partial charge in [-0.25, -0.2) is 8.78 Å². The zero-order chi connectivity index (χ0) is 14.1. The van der Waals surface area contributed by atoms with Gasteiger partial charge in [-0.3, -0.25) is 4.99 Å². The maximum Gasteiger partial charge on any atom is 0.191 e. The van der Waals surface area contributed by atoms with Crippen LogP contribution in [0.3, 0.4) is 0 Å². The average molecular weight is 271 g/mol. The number of benzene rings is 1. The summed E-state index contributed by atoms with van der Waals surface area (Å²) in [5.74, 6) is -0.314. The van der Waals surface area contributed by atoms with E-state index in [0.717, 1.165) is 12.1 Å². The summed E-state index contributed by atoms with van der Waals surface area (Å²) in [5, 5.41) is 14.7. The molecule has 0 atom stereocenters. The smallest absolute Gasteiger partial charge is 0.191 e. The molecule has 0 aliphatic carbocycles. The van der Waals surface area contributed by atoms with Crippen molar-refractivity contribution in [3.63, 3.8) is 0 Å². The van der Waals surface area contributed by atoms with E-state index in [1.165, 1.54) is 6.07 Å². The number of hydrogen-bond donors (Lipinski definition) is 3. The predicted molar refractivity (Wildman–Crippen MR) is 71.1 cm³/mol. The van der Waals surface area contributed by atoms with E-state index in [0.29, 0.717) is 37.6 Å². The Labute approximate surface area is 111 Å². The fraction of sp³-hybridized carbons (Fsp3) is 0.462. The van der Waals surface area contributed by atoms with Gasteiger partial charge < -0.3 is 15.7 Å². The highest BCUT2D eigenvalue weighted by molar-refractivity contribution is 5.79. The molecule has 19 heavy (non-hydrogen) atoms. The highest BCUT2D eigenvalue weighted by Crippen LogP contribution is 2.09. The molecule has 6 heteroatoms. The monoisotopic (exact) mass is 271 g/mol. The molecule has 0 unspecified atom stereocenters. The van der Waals surface area contributed by atoms with Crippen LogP contribution in [0.2, 0.25) is 0 Å². The Hall–Kier alpha value is -1.69. The van der Waals surface area contributed by atoms with Crippen molar-refractivity contribution in [2.75, 3.05) is 26.2 Å². The quantitative estimate of drug-likeness (QED) is 0.535. The number of nitrogens with zero attached hydrogens (tertiary/aromatic N) is 1. The molecule has 0 aromatic heterocycles. The van der Waals surface area contributed by atoms with Gasteiger partial charge in [-0.05, 0) is 37.1 Å². The summed E-state index contributed by atoms with van der Waals surface area (Å²) < 4.78 is 26.3. The molecule has 0 aliphatic rings. The van der Waals surface area contributed by atoms with E-state index in [-0.39, 0.29) is 6.61 Å². The Morgan fingerprint density at radius 1 is 1.32 bits per heavy atom. The normalized spacial score (nSPS) is 11.5. The van der Waals surface area contributed by atoms with Crippen LogP contribution in [0, 0.1) is 11.6 Å². The topological polar surface area (TPSA) is 56.7 Å². The minimum Gasteiger partial charge on any atom is -0.394 e. The zero-order valence-electron chi connectivity index (χ0n) is 10.9. The minimum absolute atomic E-state index is 0.0326. The van der Waals surface area contributed by atoms with E-state index in [1.54, 1.807) is 0 Å². The van der Waals surface area contributed by atoms with Crippen molar-refractivity contribution in [3.8, 4) is 0 Å². The molecule has 3 N–H and O–H groups in total. The summed E-state index contributed by atoms with van der Waals surface area (Å²) in [4.78, 5) is 4.08. The number of aliphatic hydroxyl groups excluding tert-OH is 1. The number of nitrogens with one attached hydrogen (secondary N) is 2. The lowest BCUT2D eigenvalue weighted by molar-refractivity contribution is 0.306. The number of halogens is 2. The highest BCUT2D eigenvalue weighted by atomic mass is 19.1. The highest BCUT2D eigenvalue weighted by Gasteiger charge is 2.04. The molecule has 0 saturated carbocycles. The number of aliphatic imine (C=N–C) groups is 1. The summed E-state index contributed by atoms with van der Waals surface area (Å²) in [6.45, 7) is 3.30. The largest absolute Gasteiger partial charge is 0.394 e. The molecule has 0 saturated heterocycles. The van der Waals surface area contributed by atoms with Crippen molar-refractivity contribution in [1.82, 2.24) is 10.6 Å². The molecule has 0 heterocycles. The summed E-state index contributed by atoms with van der Waals surface area (Å²) in [5.41, 5.74) is 0.325. The van der Waals surface area contributed by atoms with Crippen molar-refractivity contribution in [1.29, 1.82) is 0 Å². The molecule has 0 spiro atoms. The average Bonchev–Trinajstić information content (AvgIpc) is 2.40. The molecule has 0 radical (unpaired) electrons. The summed E-state index contributed by atoms with van der Waals surface area (Å²) >= 11 is 0. The van der Waals surface area contributed by atoms with Gasteiger partial charge in [0.1, 0.15) is 11.6 Å². The number of hydrogen-bond acceptors (Lipinski definition) is 2. The van der Waals surface area contributed by atoms with E-state index < -0.39 is 11.6 Å². The van der Waals surface area contributed by atoms with E-state index >= 15 is 0 Å². The third-order valence-electron chi connectivity index (χ3n) is 2.41. The second kappa shape index (κ2) is 8.42. The molecular weight excluding hydrogens is 252 g/mol. The number of aliphatic hydroxyl groups is 1. The van der Waals surface area contributed by atoms with Crippen molar-refractivity contribution < 1.29 is 13.9 Å². The summed E-state index contributed by atoms with van der Waals surface area (Å²) in [7, 11) is 0. The van der Waals surface area contributed by atoms with Gasteiger partial charge in [-0.15, -0.1) is 0 Å². The van der Waals surface area contributed by atoms with Gasteiger partial charge in [0.05, 0.1) is 13.2 Å². The van der Waals surface area contributed by atoms with E-state index in [2.05, 4.69) is 15.6 Å². The van der Waals surface area contributed by atoms with Gasteiger partial charge in [0.25, 0.3) is 0 Å². The summed E-state index contributed by atoms with van der Waals surface area (Å²) in [6.07, 6.45) is 0.354. The fourth-order valence-corrected chi connectivity index (χ4v) is 1.55. The second-order valence-electron chi connectivity index (χ2n) is 3.90. The van der Waals surface area contributed by atoms with Crippen molar-refractivity contribution >= 4 is 5.96 Å². The van der Waals surface area contributed by atoms with E-state index in [4.69, 9.17) is 5.11 Å². The summed E-state index contributed by atoms with van der Waals surface area (Å²) in [6, 6.07) is 3.41. The standard InChI is InChI=1S/C13H19F2N3O/c1-2-16-13(18-7-8-19)17-6-5-10-9-11(14)3-4-12(10)15/h3-4,9,19H,2,5-8H2,1H3,(H2,16,17,18). The van der Waals surface area contributed by atoms with Crippen LogP contribution >= 0.6 is 0 Å². The van der Waals surface area contributed by atoms with Crippen LogP contribution in [0.1, 0.15) is 12.5 Å². The lowest BCUT2D eigenvalue weighted by Gasteiger charge is -2.11. The molecule has 1 aromatic carbocycles. The van der Waals surface area contributed by atoms with Gasteiger partial charge in [-0.2, -0.15) is 0 Å². The van der Waals surface area contributed by atoms with Crippen LogP contribution in [0.5, 0.6) is 0 Å². The SMILES string of the molecule is CCNC(=NCCO)NCCc1cc(F)ccc1F. The molecule has 106 valence electrons. The van der Waals surface area contributed by atoms with Crippen molar-refractivity contribution in [2.45, 2.75) is 13.3 Å². The third kappa shape index (κ3) is 5.65. The zero-order valence-corrected chi connectivity index (χ0v) is 10.9. The minimum atomic E-state index is -0.447. The predicted octanol–water partition coefficient (Wildman–Crippen LogP) is 1.05. The molecule has 0 bridgehead atoms. The Kier molecular flexibility index (Phi) is 6.81. The van der Waals surface area contributed by atoms with Crippen LogP contribution in [0.25, 0.3) is 0 Å². The Morgan fingerprint density at radius 3 is 2.79 bits per heavy atom. The van der Waals surface area contributed by atoms with Crippen LogP contribution in [-0.4, -0.2) is 37.3 Å². The van der Waals surface area contributed by atoms with Crippen molar-refractivity contribution in [2.24, 2.45) is 4.99 Å². The molecule has 4 nitrogen and oxygen atoms in total. The van der Waals surface area contributed by atoms with Crippen LogP contribution in [0.4, 0.5) is 8.78 Å². The Bertz CT molecular complexity index is 424. The number of guanidine groups is 1. The lowest BCUT2D eigenvalue weighted by Crippen LogP contribution is -2.38. The van der Waals surface area contributed by atoms with Crippen LogP contribution in [-0.2, 0) is 6.42 Å². The van der Waals surface area contributed by atoms with E-state index in [1.807, 2.05) is 6.92 Å². The first-order chi connectivity index (χ1) is 9.17. The molecule has 1 aromatic rings. The molecule has 1 rings (SSSR count). The molecule has 0 amide bonds. The Morgan fingerprint density at radius 2 is 2.11 bits per heavy atom. The molecule has 0 fully saturated rings. The molecule has 0 aliphatic heterocycles. The van der Waals surface area contributed by atoms with Crippen LogP contribution < -0.4 is 10.6 Å². The maximum absolute atomic E-state index is 13.4. The van der Waals surface area contributed by atoms with Crippen molar-refractivity contribution in [3.05, 3.63) is 35.4 Å². The Balaban J connectivity index is 2.49. The van der Waals surface area contributed by atoms with E-state index in [9.17, 15) is 8.78 Å². The third-order valence-corrected chi connectivity index (χ3v) is 2.41. The van der Waals surface area contributed by atoms with Gasteiger partial charge in [0.2, 0.25) is 0 Å². The van der Waals surface area contributed by atoms with Gasteiger partial charge in [0, 0.05) is 13.1 Å². The fourth-order valence-electron chi connectivity index (χ4n) is 1.55. The first-order valence-electron chi connectivity index (χ1n) is 6.24. The maximum atomic E-state index is 13.4. The van der Waals surface area contributed by atoms with Gasteiger partial charge in [0.15, 0.2) is 5.96 Å². The first kappa shape index (κ1) is 15.4.